The maximum atomic E-state index is 14.5. The number of ketones is 2. The van der Waals surface area contributed by atoms with E-state index in [4.69, 9.17) is 5.73 Å². The number of carbonyl (C=O) groups excluding carboxylic acids is 3. The maximum absolute atomic E-state index is 14.5. The van der Waals surface area contributed by atoms with Gasteiger partial charge in [0, 0.05) is 11.5 Å². The molecule has 3 aliphatic carbocycles. The van der Waals surface area contributed by atoms with Crippen molar-refractivity contribution in [1.82, 2.24) is 4.90 Å². The minimum atomic E-state index is -2.71. The van der Waals surface area contributed by atoms with Crippen LogP contribution in [0.4, 0.5) is 4.39 Å². The number of fused-ring (bicyclic) bond motifs is 3. The number of aliphatic hydroxyl groups excluding tert-OH is 2. The van der Waals surface area contributed by atoms with Gasteiger partial charge in [-0.1, -0.05) is 13.3 Å². The van der Waals surface area contributed by atoms with Crippen molar-refractivity contribution in [3.05, 3.63) is 45.5 Å². The Morgan fingerprint density at radius 2 is 1.91 bits per heavy atom. The normalized spacial score (nSPS) is 28.7. The van der Waals surface area contributed by atoms with Gasteiger partial charge in [-0.05, 0) is 56.5 Å². The van der Waals surface area contributed by atoms with Crippen molar-refractivity contribution in [2.45, 2.75) is 44.2 Å². The topological polar surface area (TPSA) is 161 Å². The SMILES string of the molecule is CCCc1cc(F)c(O)c2c1CC1CC3C(N(C)C)C(=O)C(C(N)=O)=C(O)C3(O)C(=O)C1=C2O. The molecule has 0 radical (unpaired) electrons. The van der Waals surface area contributed by atoms with Crippen molar-refractivity contribution >= 4 is 23.2 Å². The molecule has 1 aromatic carbocycles. The second kappa shape index (κ2) is 7.92. The van der Waals surface area contributed by atoms with Gasteiger partial charge in [0.1, 0.15) is 17.1 Å². The third-order valence-electron chi connectivity index (χ3n) is 7.29. The van der Waals surface area contributed by atoms with Gasteiger partial charge in [0.05, 0.1) is 11.6 Å². The van der Waals surface area contributed by atoms with Crippen molar-refractivity contribution in [2.75, 3.05) is 14.1 Å². The van der Waals surface area contributed by atoms with Crippen LogP contribution in [-0.4, -0.2) is 68.5 Å². The third kappa shape index (κ3) is 3.01. The zero-order valence-electron chi connectivity index (χ0n) is 19.1. The number of primary amides is 1. The molecule has 0 saturated heterocycles. The van der Waals surface area contributed by atoms with E-state index >= 15 is 0 Å². The minimum absolute atomic E-state index is 0.00450. The molecule has 3 aliphatic rings. The number of phenolic OH excluding ortho intramolecular Hbond substituents is 1. The number of likely N-dealkylation sites (N-methyl/N-ethyl adjacent to an activating group) is 1. The lowest BCUT2D eigenvalue weighted by molar-refractivity contribution is -0.153. The molecule has 1 saturated carbocycles. The van der Waals surface area contributed by atoms with E-state index in [1.807, 2.05) is 6.92 Å². The van der Waals surface area contributed by atoms with Crippen LogP contribution in [0.3, 0.4) is 0 Å². The van der Waals surface area contributed by atoms with Gasteiger partial charge in [0.2, 0.25) is 5.78 Å². The predicted molar refractivity (Wildman–Crippen MR) is 118 cm³/mol. The van der Waals surface area contributed by atoms with Crippen molar-refractivity contribution in [3.8, 4) is 5.75 Å². The summed E-state index contributed by atoms with van der Waals surface area (Å²) in [7, 11) is 3.07. The fraction of sp³-hybridized carbons (Fsp3) is 0.458. The van der Waals surface area contributed by atoms with Gasteiger partial charge in [-0.25, -0.2) is 4.39 Å². The maximum Gasteiger partial charge on any atom is 0.255 e. The van der Waals surface area contributed by atoms with Crippen molar-refractivity contribution in [1.29, 1.82) is 0 Å². The molecule has 4 rings (SSSR count). The number of aromatic hydroxyl groups is 1. The van der Waals surface area contributed by atoms with Crippen LogP contribution in [0, 0.1) is 17.7 Å². The highest BCUT2D eigenvalue weighted by molar-refractivity contribution is 6.24. The highest BCUT2D eigenvalue weighted by Gasteiger charge is 2.64. The van der Waals surface area contributed by atoms with E-state index in [0.717, 1.165) is 0 Å². The molecule has 6 N–H and O–H groups in total. The summed E-state index contributed by atoms with van der Waals surface area (Å²) in [6, 6.07) is 0.0615. The number of phenols is 1. The Kier molecular flexibility index (Phi) is 5.57. The zero-order chi connectivity index (χ0) is 25.3. The number of benzene rings is 1. The lowest BCUT2D eigenvalue weighted by Gasteiger charge is -2.50. The summed E-state index contributed by atoms with van der Waals surface area (Å²) in [5.74, 6) is -8.66. The van der Waals surface area contributed by atoms with E-state index in [-0.39, 0.29) is 24.0 Å². The van der Waals surface area contributed by atoms with Crippen molar-refractivity contribution in [2.24, 2.45) is 17.6 Å². The smallest absolute Gasteiger partial charge is 0.255 e. The van der Waals surface area contributed by atoms with Gasteiger partial charge in [0.15, 0.2) is 23.0 Å². The van der Waals surface area contributed by atoms with Crippen LogP contribution in [0.1, 0.15) is 36.5 Å². The largest absolute Gasteiger partial charge is 0.508 e. The standard InChI is InChI=1S/C24H27FN2O7/c1-4-5-9-8-13(25)18(28)15-11(9)6-10-7-12-17(27(2)3)20(30)16(23(26)33)22(32)24(12,34)21(31)14(10)19(15)29/h8,10,12,17,28-29,32,34H,4-7H2,1-3H3,(H2,26,33). The number of amides is 1. The molecule has 182 valence electrons. The van der Waals surface area contributed by atoms with Gasteiger partial charge in [0.25, 0.3) is 5.91 Å². The second-order valence-electron chi connectivity index (χ2n) is 9.43. The first-order valence-corrected chi connectivity index (χ1v) is 11.1. The fourth-order valence-corrected chi connectivity index (χ4v) is 5.84. The number of aryl methyl sites for hydroxylation is 1. The first kappa shape index (κ1) is 23.9. The molecule has 0 aliphatic heterocycles. The number of nitrogens with two attached hydrogens (primary N) is 1. The average molecular weight is 474 g/mol. The van der Waals surface area contributed by atoms with Crippen LogP contribution in [0.5, 0.6) is 5.75 Å². The summed E-state index contributed by atoms with van der Waals surface area (Å²) < 4.78 is 14.5. The molecule has 1 amide bonds. The summed E-state index contributed by atoms with van der Waals surface area (Å²) in [6.07, 6.45) is 1.29. The number of hydrogen-bond donors (Lipinski definition) is 5. The molecule has 34 heavy (non-hydrogen) atoms. The Hall–Kier alpha value is -3.24. The Morgan fingerprint density at radius 3 is 2.47 bits per heavy atom. The average Bonchev–Trinajstić information content (AvgIpc) is 2.74. The molecule has 9 nitrogen and oxygen atoms in total. The van der Waals surface area contributed by atoms with Crippen LogP contribution < -0.4 is 5.73 Å². The molecular formula is C24H27FN2O7. The number of Topliss-reactive ketones (excluding diaryl/α,β-unsaturated/α-hetero) is 2. The molecule has 0 spiro atoms. The van der Waals surface area contributed by atoms with Crippen LogP contribution in [0.15, 0.2) is 23.0 Å². The van der Waals surface area contributed by atoms with Crippen molar-refractivity contribution < 1.29 is 39.2 Å². The number of hydrogen-bond acceptors (Lipinski definition) is 8. The van der Waals surface area contributed by atoms with Gasteiger partial charge >= 0.3 is 0 Å². The summed E-state index contributed by atoms with van der Waals surface area (Å²) in [5, 5.41) is 43.8. The summed E-state index contributed by atoms with van der Waals surface area (Å²) in [4.78, 5) is 40.1. The number of aliphatic hydroxyl groups is 3. The first-order valence-electron chi connectivity index (χ1n) is 11.1. The number of rotatable bonds is 4. The third-order valence-corrected chi connectivity index (χ3v) is 7.29. The summed E-state index contributed by atoms with van der Waals surface area (Å²) >= 11 is 0. The zero-order valence-corrected chi connectivity index (χ0v) is 19.1. The Labute approximate surface area is 195 Å². The summed E-state index contributed by atoms with van der Waals surface area (Å²) in [6.45, 7) is 1.89. The molecule has 4 unspecified atom stereocenters. The summed E-state index contributed by atoms with van der Waals surface area (Å²) in [5.41, 5.74) is 2.25. The van der Waals surface area contributed by atoms with Gasteiger partial charge < -0.3 is 26.2 Å². The van der Waals surface area contributed by atoms with Gasteiger partial charge in [-0.3, -0.25) is 19.3 Å². The van der Waals surface area contributed by atoms with Gasteiger partial charge in [-0.2, -0.15) is 0 Å². The molecule has 0 heterocycles. The Morgan fingerprint density at radius 1 is 1.26 bits per heavy atom. The van der Waals surface area contributed by atoms with Crippen molar-refractivity contribution in [3.63, 3.8) is 0 Å². The second-order valence-corrected chi connectivity index (χ2v) is 9.43. The predicted octanol–water partition coefficient (Wildman–Crippen LogP) is 1.06. The van der Waals surface area contributed by atoms with E-state index in [9.17, 15) is 39.2 Å². The number of carbonyl (C=O) groups is 3. The molecule has 0 aromatic heterocycles. The van der Waals surface area contributed by atoms with E-state index in [2.05, 4.69) is 0 Å². The first-order chi connectivity index (χ1) is 15.9. The Bertz CT molecular complexity index is 1200. The van der Waals surface area contributed by atoms with E-state index < -0.39 is 69.6 Å². The van der Waals surface area contributed by atoms with Crippen LogP contribution in [-0.2, 0) is 27.2 Å². The highest BCUT2D eigenvalue weighted by atomic mass is 19.1. The lowest BCUT2D eigenvalue weighted by atomic mass is 9.57. The van der Waals surface area contributed by atoms with Crippen LogP contribution in [0.25, 0.3) is 5.76 Å². The van der Waals surface area contributed by atoms with Crippen LogP contribution in [0.2, 0.25) is 0 Å². The lowest BCUT2D eigenvalue weighted by Crippen LogP contribution is -2.65. The molecule has 0 bridgehead atoms. The number of nitrogens with zero attached hydrogens (tertiary/aromatic N) is 1. The van der Waals surface area contributed by atoms with Gasteiger partial charge in [-0.15, -0.1) is 0 Å². The monoisotopic (exact) mass is 474 g/mol. The molecule has 4 atom stereocenters. The van der Waals surface area contributed by atoms with E-state index in [1.165, 1.54) is 25.1 Å². The van der Waals surface area contributed by atoms with E-state index in [0.29, 0.717) is 24.0 Å². The molecule has 10 heteroatoms. The minimum Gasteiger partial charge on any atom is -0.508 e. The number of halogens is 1. The quantitative estimate of drug-likeness (QED) is 0.405. The Balaban J connectivity index is 1.99. The van der Waals surface area contributed by atoms with E-state index in [1.54, 1.807) is 0 Å². The molecular weight excluding hydrogens is 447 g/mol. The highest BCUT2D eigenvalue weighted by Crippen LogP contribution is 2.53. The van der Waals surface area contributed by atoms with Crippen LogP contribution >= 0.6 is 0 Å². The molecule has 1 aromatic rings. The molecule has 1 fully saturated rings. The fourth-order valence-electron chi connectivity index (χ4n) is 5.84.